The third kappa shape index (κ3) is 0.357. The molecule has 0 fully saturated rings. The molecule has 5 heavy (non-hydrogen) atoms. The molecule has 1 aliphatic heterocycles. The Morgan fingerprint density at radius 3 is 3.20 bits per heavy atom. The number of hydroxylamine groups is 1. The molecule has 0 bridgehead atoms. The summed E-state index contributed by atoms with van der Waals surface area (Å²) >= 11 is 0. The summed E-state index contributed by atoms with van der Waals surface area (Å²) in [5.74, 6) is 0. The molecule has 1 aliphatic rings. The van der Waals surface area contributed by atoms with E-state index in [0.717, 1.165) is 6.54 Å². The van der Waals surface area contributed by atoms with Crippen LogP contribution in [0.3, 0.4) is 0 Å². The molecule has 3 nitrogen and oxygen atoms in total. The highest BCUT2D eigenvalue weighted by Crippen LogP contribution is 1.56. The predicted molar refractivity (Wildman–Crippen MR) is 17.3 cm³/mol. The zero-order valence-electron chi connectivity index (χ0n) is 2.64. The topological polar surface area (TPSA) is 35.4 Å². The van der Waals surface area contributed by atoms with Crippen LogP contribution in [0.1, 0.15) is 0 Å². The number of rotatable bonds is 0. The van der Waals surface area contributed by atoms with Crippen molar-refractivity contribution in [2.75, 3.05) is 6.54 Å². The van der Waals surface area contributed by atoms with E-state index < -0.39 is 0 Å². The van der Waals surface area contributed by atoms with Crippen LogP contribution in [0.4, 0.5) is 0 Å². The Morgan fingerprint density at radius 2 is 3.00 bits per heavy atom. The lowest BCUT2D eigenvalue weighted by atomic mass is 10.8. The lowest BCUT2D eigenvalue weighted by molar-refractivity contribution is 0.0385. The van der Waals surface area contributed by atoms with Gasteiger partial charge in [-0.05, 0) is 0 Å². The first-order valence-corrected chi connectivity index (χ1v) is 1.41. The third-order valence-electron chi connectivity index (χ3n) is 0.366. The van der Waals surface area contributed by atoms with Crippen molar-refractivity contribution >= 4 is 6.21 Å². The summed E-state index contributed by atoms with van der Waals surface area (Å²) in [6.45, 7) is 0.736. The van der Waals surface area contributed by atoms with E-state index >= 15 is 0 Å². The van der Waals surface area contributed by atoms with Gasteiger partial charge in [-0.25, -0.2) is 0 Å². The number of nitrogens with zero attached hydrogens (tertiary/aromatic N) is 1. The second-order valence-electron chi connectivity index (χ2n) is 0.728. The van der Waals surface area contributed by atoms with Crippen molar-refractivity contribution in [2.24, 2.45) is 0 Å². The van der Waals surface area contributed by atoms with Crippen LogP contribution in [0.25, 0.3) is 0 Å². The van der Waals surface area contributed by atoms with Gasteiger partial charge in [-0.1, -0.05) is 5.48 Å². The van der Waals surface area contributed by atoms with E-state index in [9.17, 15) is 0 Å². The van der Waals surface area contributed by atoms with Gasteiger partial charge in [0.15, 0.2) is 0 Å². The van der Waals surface area contributed by atoms with E-state index in [4.69, 9.17) is 0 Å². The Hall–Kier alpha value is -0.570. The highest BCUT2D eigenvalue weighted by Gasteiger charge is 2.00. The average Bonchev–Trinajstić information content (AvgIpc) is 1.76. The molecule has 27 valence electrons. The molecular formula is C2H4N2O+. The van der Waals surface area contributed by atoms with Crippen LogP contribution < -0.4 is 10.6 Å². The minimum absolute atomic E-state index is 0.736. The average molecular weight is 72.1 g/mol. The standard InChI is InChI=1S/C2H4N2O/c1-2-4-5-3-1/h1,4H,2H2/q+1. The van der Waals surface area contributed by atoms with Crippen molar-refractivity contribution in [3.05, 3.63) is 0 Å². The van der Waals surface area contributed by atoms with Gasteiger partial charge in [-0.3, -0.25) is 0 Å². The van der Waals surface area contributed by atoms with Gasteiger partial charge in [0.1, 0.15) is 6.54 Å². The van der Waals surface area contributed by atoms with Gasteiger partial charge < -0.3 is 0 Å². The fourth-order valence-corrected chi connectivity index (χ4v) is 0.186. The van der Waals surface area contributed by atoms with Crippen LogP contribution in [0, 0.1) is 0 Å². The first kappa shape index (κ1) is 2.66. The maximum Gasteiger partial charge on any atom is 0.309 e. The lowest BCUT2D eigenvalue weighted by Crippen LogP contribution is -2.05. The minimum atomic E-state index is 0.736. The summed E-state index contributed by atoms with van der Waals surface area (Å²) < 4.78 is 0. The van der Waals surface area contributed by atoms with Gasteiger partial charge in [0.2, 0.25) is 0 Å². The van der Waals surface area contributed by atoms with Gasteiger partial charge in [-0.2, -0.15) is 0 Å². The van der Waals surface area contributed by atoms with E-state index in [2.05, 4.69) is 15.6 Å². The predicted octanol–water partition coefficient (Wildman–Crippen LogP) is -1.16. The van der Waals surface area contributed by atoms with Crippen LogP contribution in [-0.2, 0) is 4.94 Å². The van der Waals surface area contributed by atoms with Gasteiger partial charge in [0, 0.05) is 0 Å². The second kappa shape index (κ2) is 1.03. The molecule has 1 heterocycles. The van der Waals surface area contributed by atoms with Gasteiger partial charge in [0.05, 0.1) is 0 Å². The summed E-state index contributed by atoms with van der Waals surface area (Å²) in [5.41, 5.74) is 2.50. The minimum Gasteiger partial charge on any atom is -0.103 e. The summed E-state index contributed by atoms with van der Waals surface area (Å²) in [7, 11) is 0. The Labute approximate surface area is 29.6 Å². The molecule has 1 N–H and O–H groups in total. The summed E-state index contributed by atoms with van der Waals surface area (Å²) in [6, 6.07) is 0. The van der Waals surface area contributed by atoms with Crippen molar-refractivity contribution in [3.63, 3.8) is 0 Å². The van der Waals surface area contributed by atoms with Crippen molar-refractivity contribution in [2.45, 2.75) is 0 Å². The molecule has 0 aromatic carbocycles. The van der Waals surface area contributed by atoms with Crippen molar-refractivity contribution in [1.82, 2.24) is 10.6 Å². The first-order valence-electron chi connectivity index (χ1n) is 1.41. The smallest absolute Gasteiger partial charge is 0.103 e. The Balaban J connectivity index is 2.32. The maximum atomic E-state index is 4.26. The number of hydrogen-bond donors (Lipinski definition) is 1. The van der Waals surface area contributed by atoms with Crippen molar-refractivity contribution < 1.29 is 4.94 Å². The highest BCUT2D eigenvalue weighted by atomic mass is 16.8. The molecule has 0 aliphatic carbocycles. The third-order valence-corrected chi connectivity index (χ3v) is 0.366. The summed E-state index contributed by atoms with van der Waals surface area (Å²) in [5, 5.41) is 3.35. The van der Waals surface area contributed by atoms with Crippen LogP contribution in [0.15, 0.2) is 0 Å². The van der Waals surface area contributed by atoms with E-state index in [1.54, 1.807) is 6.21 Å². The highest BCUT2D eigenvalue weighted by molar-refractivity contribution is 5.58. The van der Waals surface area contributed by atoms with Crippen molar-refractivity contribution in [3.8, 4) is 0 Å². The van der Waals surface area contributed by atoms with E-state index in [1.165, 1.54) is 0 Å². The molecule has 0 amide bonds. The van der Waals surface area contributed by atoms with Crippen LogP contribution >= 0.6 is 0 Å². The molecule has 0 saturated carbocycles. The number of nitrogens with one attached hydrogen (secondary N) is 1. The molecule has 0 aromatic heterocycles. The molecule has 0 aromatic rings. The molecule has 0 saturated heterocycles. The normalized spacial score (nSPS) is 19.2. The number of hydrogen-bond acceptors (Lipinski definition) is 3. The zero-order chi connectivity index (χ0) is 3.54. The van der Waals surface area contributed by atoms with Gasteiger partial charge in [0.25, 0.3) is 6.21 Å². The van der Waals surface area contributed by atoms with Crippen molar-refractivity contribution in [1.29, 1.82) is 0 Å². The first-order chi connectivity index (χ1) is 2.50. The maximum absolute atomic E-state index is 4.26. The summed E-state index contributed by atoms with van der Waals surface area (Å²) in [4.78, 5) is 4.26. The van der Waals surface area contributed by atoms with Gasteiger partial charge >= 0.3 is 5.16 Å². The van der Waals surface area contributed by atoms with E-state index in [-0.39, 0.29) is 0 Å². The van der Waals surface area contributed by atoms with Crippen LogP contribution in [-0.4, -0.2) is 12.8 Å². The fraction of sp³-hybridized carbons (Fsp3) is 0.500. The lowest BCUT2D eigenvalue weighted by Gasteiger charge is -1.65. The monoisotopic (exact) mass is 72.0 g/mol. The molecule has 0 unspecified atom stereocenters. The van der Waals surface area contributed by atoms with E-state index in [0.29, 0.717) is 0 Å². The van der Waals surface area contributed by atoms with E-state index in [1.807, 2.05) is 0 Å². The zero-order valence-corrected chi connectivity index (χ0v) is 2.64. The van der Waals surface area contributed by atoms with Crippen LogP contribution in [0.5, 0.6) is 0 Å². The molecule has 1 rings (SSSR count). The molecule has 0 spiro atoms. The number of oxime groups is 1. The quantitative estimate of drug-likeness (QED) is 0.392. The Bertz CT molecular complexity index is 45.6. The largest absolute Gasteiger partial charge is 0.309 e. The van der Waals surface area contributed by atoms with Gasteiger partial charge in [-0.15, -0.1) is 4.94 Å². The molecule has 0 atom stereocenters. The van der Waals surface area contributed by atoms with Crippen LogP contribution in [0.2, 0.25) is 0 Å². The molecule has 3 heteroatoms. The second-order valence-corrected chi connectivity index (χ2v) is 0.728. The molecule has 1 radical (unpaired) electrons. The Kier molecular flexibility index (Phi) is 0.548. The fourth-order valence-electron chi connectivity index (χ4n) is 0.186. The summed E-state index contributed by atoms with van der Waals surface area (Å²) in [6.07, 6.45) is 1.65. The molecular weight excluding hydrogens is 68.0 g/mol. The SMILES string of the molecule is C1=[N+]ONC1. The Morgan fingerprint density at radius 1 is 2.00 bits per heavy atom.